The first kappa shape index (κ1) is 21.8. The Balaban J connectivity index is 2.29. The lowest BCUT2D eigenvalue weighted by atomic mass is 10.0. The van der Waals surface area contributed by atoms with E-state index >= 15 is 0 Å². The van der Waals surface area contributed by atoms with Crippen LogP contribution in [0, 0.1) is 0 Å². The molecule has 142 valence electrons. The summed E-state index contributed by atoms with van der Waals surface area (Å²) in [6.07, 6.45) is 7.72. The third-order valence-corrected chi connectivity index (χ3v) is 5.02. The Hall–Kier alpha value is -1.23. The molecule has 1 unspecified atom stereocenters. The van der Waals surface area contributed by atoms with Crippen molar-refractivity contribution in [3.05, 3.63) is 29.8 Å². The highest BCUT2D eigenvalue weighted by atomic mass is 31.2. The number of anilines is 1. The van der Waals surface area contributed by atoms with Crippen LogP contribution in [-0.4, -0.2) is 21.6 Å². The number of amides is 1. The number of rotatable bonds is 12. The molecule has 1 amide bonds. The monoisotopic (exact) mass is 373 g/mol. The number of aryl methyl sites for hydroxylation is 1. The van der Waals surface area contributed by atoms with Gasteiger partial charge in [0.05, 0.1) is 0 Å². The summed E-state index contributed by atoms with van der Waals surface area (Å²) in [5.74, 6) is -2.75. The summed E-state index contributed by atoms with van der Waals surface area (Å²) in [4.78, 5) is 29.0. The van der Waals surface area contributed by atoms with Gasteiger partial charge in [-0.15, -0.1) is 0 Å². The van der Waals surface area contributed by atoms with E-state index in [-0.39, 0.29) is 6.42 Å². The molecule has 1 aromatic rings. The van der Waals surface area contributed by atoms with Gasteiger partial charge in [-0.25, -0.2) is 4.39 Å². The lowest BCUT2D eigenvalue weighted by molar-refractivity contribution is -0.116. The Labute approximate surface area is 149 Å². The molecule has 0 fully saturated rings. The van der Waals surface area contributed by atoms with Crippen molar-refractivity contribution < 1.29 is 23.5 Å². The van der Waals surface area contributed by atoms with E-state index in [1.807, 2.05) is 12.1 Å². The number of carbonyl (C=O) groups is 1. The van der Waals surface area contributed by atoms with Gasteiger partial charge in [0.15, 0.2) is 0 Å². The molecule has 0 bridgehead atoms. The number of carbonyl (C=O) groups excluding carboxylic acids is 1. The largest absolute Gasteiger partial charge is 0.359 e. The fourth-order valence-corrected chi connectivity index (χ4v) is 2.97. The van der Waals surface area contributed by atoms with Crippen LogP contribution in [-0.2, 0) is 15.8 Å². The Morgan fingerprint density at radius 2 is 1.72 bits per heavy atom. The molecule has 25 heavy (non-hydrogen) atoms. The molecule has 0 heterocycles. The number of hydrogen-bond acceptors (Lipinski definition) is 2. The first-order valence-corrected chi connectivity index (χ1v) is 10.6. The van der Waals surface area contributed by atoms with Crippen LogP contribution in [0.2, 0.25) is 0 Å². The van der Waals surface area contributed by atoms with Gasteiger partial charge < -0.3 is 15.1 Å². The standard InChI is InChI=1S/C18H29FNO4P/c1-2-3-4-5-6-7-8-15-9-11-16(12-10-15)20-18(21)14-13-17(19)25(22,23)24/h9-12,17H,2-8,13-14H2,1H3,(H,20,21)(H2,22,23,24). The lowest BCUT2D eigenvalue weighted by Gasteiger charge is -2.10. The molecule has 0 aliphatic heterocycles. The van der Waals surface area contributed by atoms with Crippen LogP contribution in [0.5, 0.6) is 0 Å². The first-order valence-electron chi connectivity index (χ1n) is 8.91. The van der Waals surface area contributed by atoms with Crippen LogP contribution >= 0.6 is 7.60 Å². The summed E-state index contributed by atoms with van der Waals surface area (Å²) >= 11 is 0. The molecule has 5 nitrogen and oxygen atoms in total. The molecule has 1 aromatic carbocycles. The van der Waals surface area contributed by atoms with Gasteiger partial charge in [-0.3, -0.25) is 9.36 Å². The molecule has 0 radical (unpaired) electrons. The van der Waals surface area contributed by atoms with E-state index in [1.165, 1.54) is 37.7 Å². The average Bonchev–Trinajstić information content (AvgIpc) is 2.56. The Bertz CT molecular complexity index is 559. The van der Waals surface area contributed by atoms with Gasteiger partial charge in [-0.2, -0.15) is 0 Å². The second kappa shape index (κ2) is 11.4. The molecule has 0 aliphatic carbocycles. The minimum atomic E-state index is -4.77. The molecule has 1 atom stereocenters. The third-order valence-electron chi connectivity index (χ3n) is 4.03. The SMILES string of the molecule is CCCCCCCCc1ccc(NC(=O)CCC(F)P(=O)(O)O)cc1. The third kappa shape index (κ3) is 9.73. The van der Waals surface area contributed by atoms with Gasteiger partial charge in [0.1, 0.15) is 0 Å². The van der Waals surface area contributed by atoms with Crippen LogP contribution < -0.4 is 5.32 Å². The summed E-state index contributed by atoms with van der Waals surface area (Å²) in [5, 5.41) is 2.61. The van der Waals surface area contributed by atoms with E-state index in [4.69, 9.17) is 9.79 Å². The second-order valence-corrected chi connectivity index (χ2v) is 8.06. The van der Waals surface area contributed by atoms with Crippen LogP contribution in [0.1, 0.15) is 63.9 Å². The average molecular weight is 373 g/mol. The normalized spacial score (nSPS) is 12.8. The molecule has 7 heteroatoms. The molecular formula is C18H29FNO4P. The summed E-state index contributed by atoms with van der Waals surface area (Å²) in [6.45, 7) is 2.20. The number of hydrogen-bond donors (Lipinski definition) is 3. The molecule has 0 aromatic heterocycles. The summed E-state index contributed by atoms with van der Waals surface area (Å²) in [7, 11) is -4.77. The number of benzene rings is 1. The Kier molecular flexibility index (Phi) is 9.94. The second-order valence-electron chi connectivity index (χ2n) is 6.33. The van der Waals surface area contributed by atoms with E-state index in [1.54, 1.807) is 12.1 Å². The van der Waals surface area contributed by atoms with Crippen molar-refractivity contribution in [2.45, 2.75) is 70.6 Å². The fourth-order valence-electron chi connectivity index (χ4n) is 2.51. The summed E-state index contributed by atoms with van der Waals surface area (Å²) in [6, 6.07) is 7.49. The minimum absolute atomic E-state index is 0.272. The quantitative estimate of drug-likeness (QED) is 0.363. The van der Waals surface area contributed by atoms with Crippen molar-refractivity contribution in [1.82, 2.24) is 0 Å². The zero-order valence-electron chi connectivity index (χ0n) is 14.8. The highest BCUT2D eigenvalue weighted by Gasteiger charge is 2.28. The molecule has 0 saturated heterocycles. The molecular weight excluding hydrogens is 344 g/mol. The number of alkyl halides is 1. The number of halogens is 1. The van der Waals surface area contributed by atoms with Gasteiger partial charge in [-0.05, 0) is 37.0 Å². The topological polar surface area (TPSA) is 86.6 Å². The van der Waals surface area contributed by atoms with Gasteiger partial charge in [-0.1, -0.05) is 51.2 Å². The maximum Gasteiger partial charge on any atom is 0.359 e. The van der Waals surface area contributed by atoms with Crippen molar-refractivity contribution in [3.8, 4) is 0 Å². The predicted molar refractivity (Wildman–Crippen MR) is 98.3 cm³/mol. The maximum atomic E-state index is 13.1. The lowest BCUT2D eigenvalue weighted by Crippen LogP contribution is -2.14. The van der Waals surface area contributed by atoms with Crippen molar-refractivity contribution in [3.63, 3.8) is 0 Å². The number of unbranched alkanes of at least 4 members (excludes halogenated alkanes) is 5. The van der Waals surface area contributed by atoms with Crippen LogP contribution in [0.15, 0.2) is 24.3 Å². The highest BCUT2D eigenvalue weighted by Crippen LogP contribution is 2.44. The van der Waals surface area contributed by atoms with E-state index < -0.39 is 25.8 Å². The van der Waals surface area contributed by atoms with E-state index in [0.717, 1.165) is 12.8 Å². The van der Waals surface area contributed by atoms with E-state index in [9.17, 15) is 13.8 Å². The van der Waals surface area contributed by atoms with Crippen molar-refractivity contribution in [2.24, 2.45) is 0 Å². The molecule has 0 aliphatic rings. The van der Waals surface area contributed by atoms with Crippen LogP contribution in [0.25, 0.3) is 0 Å². The van der Waals surface area contributed by atoms with E-state index in [2.05, 4.69) is 12.2 Å². The van der Waals surface area contributed by atoms with E-state index in [0.29, 0.717) is 5.69 Å². The predicted octanol–water partition coefficient (Wildman–Crippen LogP) is 4.78. The molecule has 1 rings (SSSR count). The Morgan fingerprint density at radius 3 is 2.32 bits per heavy atom. The van der Waals surface area contributed by atoms with Gasteiger partial charge in [0, 0.05) is 12.1 Å². The maximum absolute atomic E-state index is 13.1. The minimum Gasteiger partial charge on any atom is -0.326 e. The fraction of sp³-hybridized carbons (Fsp3) is 0.611. The summed E-state index contributed by atoms with van der Waals surface area (Å²) in [5.41, 5.74) is 1.81. The van der Waals surface area contributed by atoms with Crippen LogP contribution in [0.4, 0.5) is 10.1 Å². The zero-order chi connectivity index (χ0) is 18.7. The van der Waals surface area contributed by atoms with Crippen molar-refractivity contribution >= 4 is 19.2 Å². The highest BCUT2D eigenvalue weighted by molar-refractivity contribution is 7.52. The first-order chi connectivity index (χ1) is 11.8. The van der Waals surface area contributed by atoms with Crippen molar-refractivity contribution in [2.75, 3.05) is 5.32 Å². The van der Waals surface area contributed by atoms with Crippen molar-refractivity contribution in [1.29, 1.82) is 0 Å². The van der Waals surface area contributed by atoms with Gasteiger partial charge >= 0.3 is 7.60 Å². The number of nitrogens with one attached hydrogen (secondary N) is 1. The molecule has 0 spiro atoms. The van der Waals surface area contributed by atoms with Gasteiger partial charge in [0.2, 0.25) is 11.8 Å². The zero-order valence-corrected chi connectivity index (χ0v) is 15.7. The molecule has 3 N–H and O–H groups in total. The Morgan fingerprint density at radius 1 is 1.12 bits per heavy atom. The van der Waals surface area contributed by atoms with Gasteiger partial charge in [0.25, 0.3) is 0 Å². The molecule has 0 saturated carbocycles. The smallest absolute Gasteiger partial charge is 0.326 e. The summed E-state index contributed by atoms with van der Waals surface area (Å²) < 4.78 is 23.8. The van der Waals surface area contributed by atoms with Crippen LogP contribution in [0.3, 0.4) is 0 Å².